The molecule has 0 bridgehead atoms. The minimum Gasteiger partial charge on any atom is -0.0845 e. The van der Waals surface area contributed by atoms with E-state index < -0.39 is 0 Å². The Labute approximate surface area is 178 Å². The lowest BCUT2D eigenvalue weighted by molar-refractivity contribution is 0.969. The molecule has 0 saturated carbocycles. The van der Waals surface area contributed by atoms with Crippen LogP contribution in [0.15, 0.2) is 109 Å². The van der Waals surface area contributed by atoms with Crippen molar-refractivity contribution in [3.05, 3.63) is 109 Å². The summed E-state index contributed by atoms with van der Waals surface area (Å²) in [5, 5.41) is 3.07. The largest absolute Gasteiger partial charge is 0.0845 e. The van der Waals surface area contributed by atoms with Crippen LogP contribution in [0.1, 0.15) is 12.8 Å². The average Bonchev–Trinajstić information content (AvgIpc) is 2.85. The van der Waals surface area contributed by atoms with Crippen molar-refractivity contribution in [2.45, 2.75) is 12.8 Å². The molecule has 0 saturated heterocycles. The zero-order valence-electron chi connectivity index (χ0n) is 16.4. The summed E-state index contributed by atoms with van der Waals surface area (Å²) in [7, 11) is 0.982. The third kappa shape index (κ3) is 5.62. The molecular formula is C26H25P3. The van der Waals surface area contributed by atoms with E-state index in [0.717, 1.165) is 0 Å². The molecule has 2 unspecified atom stereocenters. The zero-order chi connectivity index (χ0) is 19.7. The first kappa shape index (κ1) is 20.4. The maximum absolute atomic E-state index is 2.40. The van der Waals surface area contributed by atoms with Crippen LogP contribution in [-0.2, 0) is 0 Å². The van der Waals surface area contributed by atoms with Crippen LogP contribution in [0.5, 0.6) is 0 Å². The fourth-order valence-corrected chi connectivity index (χ4v) is 14.8. The van der Waals surface area contributed by atoms with Crippen molar-refractivity contribution in [2.75, 3.05) is 6.16 Å². The maximum atomic E-state index is 2.40. The van der Waals surface area contributed by atoms with Crippen LogP contribution in [0, 0.1) is 0 Å². The summed E-state index contributed by atoms with van der Waals surface area (Å²) in [6.45, 7) is 0. The molecule has 0 spiro atoms. The Hall–Kier alpha value is -1.83. The molecule has 3 aromatic rings. The summed E-state index contributed by atoms with van der Waals surface area (Å²) in [4.78, 5) is 0. The van der Waals surface area contributed by atoms with E-state index in [0.29, 0.717) is 0 Å². The summed E-state index contributed by atoms with van der Waals surface area (Å²) in [6, 6.07) is 31.3. The predicted octanol–water partition coefficient (Wildman–Crippen LogP) is 7.75. The molecule has 0 amide bonds. The van der Waals surface area contributed by atoms with Gasteiger partial charge in [0.25, 0.3) is 0 Å². The molecular weight excluding hydrogens is 405 g/mol. The Morgan fingerprint density at radius 3 is 2.07 bits per heavy atom. The second-order valence-electron chi connectivity index (χ2n) is 6.88. The first-order chi connectivity index (χ1) is 14.4. The van der Waals surface area contributed by atoms with Gasteiger partial charge in [-0.1, -0.05) is 117 Å². The van der Waals surface area contributed by atoms with Gasteiger partial charge in [0.05, 0.1) is 0 Å². The molecule has 4 rings (SSSR count). The molecule has 0 N–H and O–H groups in total. The molecule has 0 radical (unpaired) electrons. The number of hydrogen-bond donors (Lipinski definition) is 0. The topological polar surface area (TPSA) is 0 Å². The highest BCUT2D eigenvalue weighted by atomic mass is 32.4. The highest BCUT2D eigenvalue weighted by Gasteiger charge is 2.22. The van der Waals surface area contributed by atoms with E-state index in [1.165, 1.54) is 43.3 Å². The van der Waals surface area contributed by atoms with Crippen molar-refractivity contribution in [2.24, 2.45) is 0 Å². The van der Waals surface area contributed by atoms with Crippen LogP contribution in [0.2, 0.25) is 0 Å². The summed E-state index contributed by atoms with van der Waals surface area (Å²) in [6.07, 6.45) is 12.6. The minimum absolute atomic E-state index is 0.219. The van der Waals surface area contributed by atoms with Gasteiger partial charge in [-0.2, -0.15) is 0 Å². The second kappa shape index (κ2) is 10.8. The molecule has 3 aromatic carbocycles. The van der Waals surface area contributed by atoms with Gasteiger partial charge in [0, 0.05) is 7.30 Å². The molecule has 2 atom stereocenters. The molecule has 1 aliphatic rings. The van der Waals surface area contributed by atoms with E-state index in [-0.39, 0.29) is 14.9 Å². The summed E-state index contributed by atoms with van der Waals surface area (Å²) < 4.78 is 0. The Morgan fingerprint density at radius 1 is 0.621 bits per heavy atom. The van der Waals surface area contributed by atoms with E-state index in [1.807, 2.05) is 0 Å². The smallest absolute Gasteiger partial charge is 0.00745 e. The lowest BCUT2D eigenvalue weighted by Gasteiger charge is -2.26. The van der Waals surface area contributed by atoms with Crippen LogP contribution in [-0.4, -0.2) is 12.0 Å². The van der Waals surface area contributed by atoms with E-state index in [9.17, 15) is 0 Å². The van der Waals surface area contributed by atoms with E-state index in [2.05, 4.69) is 115 Å². The monoisotopic (exact) mass is 430 g/mol. The molecule has 1 aliphatic heterocycles. The SMILES string of the molecule is C1=C\C=P\P(c2ccccc2)P(c2ccc(-c3ccccc3)cc2)CCC\C=C/1. The molecule has 0 aliphatic carbocycles. The van der Waals surface area contributed by atoms with Gasteiger partial charge in [-0.3, -0.25) is 0 Å². The van der Waals surface area contributed by atoms with Crippen LogP contribution >= 0.6 is 22.8 Å². The van der Waals surface area contributed by atoms with Gasteiger partial charge in [-0.15, -0.1) is 0 Å². The first-order valence-electron chi connectivity index (χ1n) is 10.1. The molecule has 0 nitrogen and oxygen atoms in total. The summed E-state index contributed by atoms with van der Waals surface area (Å²) >= 11 is 0. The predicted molar refractivity (Wildman–Crippen MR) is 137 cm³/mol. The highest BCUT2D eigenvalue weighted by molar-refractivity contribution is 8.60. The van der Waals surface area contributed by atoms with E-state index >= 15 is 0 Å². The third-order valence-corrected chi connectivity index (χ3v) is 16.2. The van der Waals surface area contributed by atoms with Crippen LogP contribution < -0.4 is 10.6 Å². The van der Waals surface area contributed by atoms with E-state index in [1.54, 1.807) is 5.30 Å². The normalized spacial score (nSPS) is 22.9. The second-order valence-corrected chi connectivity index (χ2v) is 15.8. The Morgan fingerprint density at radius 2 is 1.31 bits per heavy atom. The molecule has 3 heteroatoms. The Bertz CT molecular complexity index is 973. The summed E-state index contributed by atoms with van der Waals surface area (Å²) in [5.41, 5.74) is 2.60. The van der Waals surface area contributed by atoms with Gasteiger partial charge in [-0.05, 0) is 54.1 Å². The fraction of sp³-hybridized carbons (Fsp3) is 0.115. The van der Waals surface area contributed by atoms with Crippen molar-refractivity contribution in [1.82, 2.24) is 0 Å². The lowest BCUT2D eigenvalue weighted by Crippen LogP contribution is -2.06. The molecule has 144 valence electrons. The molecule has 29 heavy (non-hydrogen) atoms. The maximum Gasteiger partial charge on any atom is 0.00745 e. The van der Waals surface area contributed by atoms with Gasteiger partial charge in [0.2, 0.25) is 0 Å². The third-order valence-electron chi connectivity index (χ3n) is 4.85. The Balaban J connectivity index is 1.69. The number of rotatable bonds is 3. The van der Waals surface area contributed by atoms with Crippen LogP contribution in [0.3, 0.4) is 0 Å². The van der Waals surface area contributed by atoms with Crippen molar-refractivity contribution >= 4 is 39.2 Å². The standard InChI is InChI=1S/C26H25P3/c1-2-4-12-22-28(29(27-21-11-3-1)26-15-9-6-10-16-26)25-19-17-24(18-20-25)23-13-7-5-8-14-23/h1-3,5-11,13-21H,4,12,22H2/b2-1-,11-3-. The van der Waals surface area contributed by atoms with Crippen molar-refractivity contribution < 1.29 is 0 Å². The number of benzene rings is 3. The first-order valence-corrected chi connectivity index (χ1v) is 15.3. The fourth-order valence-electron chi connectivity index (χ4n) is 3.37. The van der Waals surface area contributed by atoms with E-state index in [4.69, 9.17) is 0 Å². The van der Waals surface area contributed by atoms with Gasteiger partial charge >= 0.3 is 0 Å². The lowest BCUT2D eigenvalue weighted by atomic mass is 10.1. The van der Waals surface area contributed by atoms with Crippen molar-refractivity contribution in [3.63, 3.8) is 0 Å². The number of allylic oxidation sites excluding steroid dienone is 4. The average molecular weight is 430 g/mol. The van der Waals surface area contributed by atoms with Crippen LogP contribution in [0.4, 0.5) is 0 Å². The quantitative estimate of drug-likeness (QED) is 0.373. The molecule has 0 aromatic heterocycles. The van der Waals surface area contributed by atoms with Crippen LogP contribution in [0.25, 0.3) is 11.1 Å². The van der Waals surface area contributed by atoms with Gasteiger partial charge in [-0.25, -0.2) is 0 Å². The van der Waals surface area contributed by atoms with Crippen molar-refractivity contribution in [1.29, 1.82) is 0 Å². The van der Waals surface area contributed by atoms with Gasteiger partial charge in [0.1, 0.15) is 0 Å². The van der Waals surface area contributed by atoms with Gasteiger partial charge in [0.15, 0.2) is 0 Å². The highest BCUT2D eigenvalue weighted by Crippen LogP contribution is 2.74. The number of hydrogen-bond acceptors (Lipinski definition) is 0. The summed E-state index contributed by atoms with van der Waals surface area (Å²) in [5.74, 6) is 2.35. The zero-order valence-corrected chi connectivity index (χ0v) is 19.1. The van der Waals surface area contributed by atoms with Crippen molar-refractivity contribution in [3.8, 4) is 11.1 Å². The minimum atomic E-state index is -0.252. The molecule has 1 heterocycles. The Kier molecular flexibility index (Phi) is 7.62. The molecule has 0 fully saturated rings. The van der Waals surface area contributed by atoms with Gasteiger partial charge < -0.3 is 0 Å².